The minimum atomic E-state index is -0.555. The summed E-state index contributed by atoms with van der Waals surface area (Å²) in [5.41, 5.74) is -0.278. The first-order valence-corrected chi connectivity index (χ1v) is 6.24. The molecule has 102 valence electrons. The van der Waals surface area contributed by atoms with Crippen LogP contribution in [0.15, 0.2) is 4.79 Å². The van der Waals surface area contributed by atoms with Crippen LogP contribution in [0.3, 0.4) is 0 Å². The molecule has 0 bridgehead atoms. The summed E-state index contributed by atoms with van der Waals surface area (Å²) in [4.78, 5) is 24.1. The average Bonchev–Trinajstić information content (AvgIpc) is 2.28. The van der Waals surface area contributed by atoms with Crippen molar-refractivity contribution < 1.29 is 9.90 Å². The maximum absolute atomic E-state index is 12.2. The third kappa shape index (κ3) is 2.68. The van der Waals surface area contributed by atoms with E-state index in [4.69, 9.17) is 5.26 Å². The summed E-state index contributed by atoms with van der Waals surface area (Å²) >= 11 is 0. The molecule has 0 amide bonds. The van der Waals surface area contributed by atoms with Crippen molar-refractivity contribution in [2.45, 2.75) is 40.7 Å². The molecule has 0 unspecified atom stereocenters. The van der Waals surface area contributed by atoms with Gasteiger partial charge < -0.3 is 5.11 Å². The van der Waals surface area contributed by atoms with E-state index in [2.05, 4.69) is 0 Å². The minimum Gasteiger partial charge on any atom is -0.494 e. The van der Waals surface area contributed by atoms with Crippen LogP contribution in [0.2, 0.25) is 0 Å². The molecule has 0 saturated carbocycles. The van der Waals surface area contributed by atoms with E-state index in [9.17, 15) is 14.7 Å². The highest BCUT2D eigenvalue weighted by Gasteiger charge is 2.23. The molecule has 0 aliphatic rings. The van der Waals surface area contributed by atoms with Gasteiger partial charge >= 0.3 is 0 Å². The lowest BCUT2D eigenvalue weighted by Crippen LogP contribution is -2.26. The number of pyridine rings is 1. The van der Waals surface area contributed by atoms with Gasteiger partial charge in [0.25, 0.3) is 5.56 Å². The first-order chi connectivity index (χ1) is 8.84. The summed E-state index contributed by atoms with van der Waals surface area (Å²) in [7, 11) is 0. The van der Waals surface area contributed by atoms with Crippen LogP contribution in [0.5, 0.6) is 5.88 Å². The molecule has 19 heavy (non-hydrogen) atoms. The Morgan fingerprint density at radius 3 is 2.47 bits per heavy atom. The van der Waals surface area contributed by atoms with Crippen LogP contribution in [-0.2, 0) is 6.54 Å². The average molecular weight is 262 g/mol. The van der Waals surface area contributed by atoms with Gasteiger partial charge in [0.2, 0.25) is 5.88 Å². The Bertz CT molecular complexity index is 607. The van der Waals surface area contributed by atoms with Crippen LogP contribution < -0.4 is 5.56 Å². The summed E-state index contributed by atoms with van der Waals surface area (Å²) in [6, 6.07) is 1.82. The maximum Gasteiger partial charge on any atom is 0.271 e. The molecule has 0 atom stereocenters. The molecule has 1 heterocycles. The zero-order chi connectivity index (χ0) is 14.7. The number of Topliss-reactive ketones (excluding diaryl/α,β-unsaturated/α-hetero) is 1. The standard InChI is InChI=1S/C14H18N2O3/c1-5-16-13(18)10(7-15)9(4)12(14(16)19)11(17)6-8(2)3/h8,19H,5-6H2,1-4H3. The number of nitriles is 1. The molecule has 0 fully saturated rings. The summed E-state index contributed by atoms with van der Waals surface area (Å²) in [6.45, 7) is 7.19. The van der Waals surface area contributed by atoms with Crippen LogP contribution in [0.25, 0.3) is 0 Å². The molecule has 5 heteroatoms. The summed E-state index contributed by atoms with van der Waals surface area (Å²) in [5.74, 6) is -0.447. The van der Waals surface area contributed by atoms with Crippen molar-refractivity contribution in [3.05, 3.63) is 27.0 Å². The van der Waals surface area contributed by atoms with Gasteiger partial charge in [-0.2, -0.15) is 5.26 Å². The van der Waals surface area contributed by atoms with Gasteiger partial charge in [0, 0.05) is 13.0 Å². The van der Waals surface area contributed by atoms with Gasteiger partial charge in [0.15, 0.2) is 5.78 Å². The van der Waals surface area contributed by atoms with Crippen LogP contribution in [0.1, 0.15) is 48.7 Å². The topological polar surface area (TPSA) is 83.1 Å². The lowest BCUT2D eigenvalue weighted by molar-refractivity contribution is 0.0963. The molecule has 1 rings (SSSR count). The largest absolute Gasteiger partial charge is 0.494 e. The third-order valence-electron chi connectivity index (χ3n) is 2.99. The van der Waals surface area contributed by atoms with Gasteiger partial charge in [-0.25, -0.2) is 0 Å². The van der Waals surface area contributed by atoms with Crippen molar-refractivity contribution >= 4 is 5.78 Å². The van der Waals surface area contributed by atoms with Gasteiger partial charge in [-0.05, 0) is 25.3 Å². The number of rotatable bonds is 4. The highest BCUT2D eigenvalue weighted by atomic mass is 16.3. The van der Waals surface area contributed by atoms with Crippen molar-refractivity contribution in [1.29, 1.82) is 5.26 Å². The van der Waals surface area contributed by atoms with E-state index in [1.165, 1.54) is 6.92 Å². The Balaban J connectivity index is 3.61. The highest BCUT2D eigenvalue weighted by Crippen LogP contribution is 2.24. The predicted molar refractivity (Wildman–Crippen MR) is 71.3 cm³/mol. The Kier molecular flexibility index (Phi) is 4.49. The quantitative estimate of drug-likeness (QED) is 0.841. The van der Waals surface area contributed by atoms with Gasteiger partial charge in [-0.15, -0.1) is 0 Å². The second kappa shape index (κ2) is 5.70. The molecule has 0 aliphatic heterocycles. The van der Waals surface area contributed by atoms with Crippen molar-refractivity contribution in [2.75, 3.05) is 0 Å². The molecule has 5 nitrogen and oxygen atoms in total. The van der Waals surface area contributed by atoms with Gasteiger partial charge in [0.05, 0.1) is 5.56 Å². The number of carbonyl (C=O) groups excluding carboxylic acids is 1. The Hall–Kier alpha value is -2.09. The Labute approximate surface area is 112 Å². The fourth-order valence-electron chi connectivity index (χ4n) is 2.05. The monoisotopic (exact) mass is 262 g/mol. The Morgan fingerprint density at radius 2 is 2.05 bits per heavy atom. The maximum atomic E-state index is 12.2. The lowest BCUT2D eigenvalue weighted by Gasteiger charge is -2.14. The zero-order valence-corrected chi connectivity index (χ0v) is 11.6. The normalized spacial score (nSPS) is 10.5. The zero-order valence-electron chi connectivity index (χ0n) is 11.6. The van der Waals surface area contributed by atoms with Crippen molar-refractivity contribution in [1.82, 2.24) is 4.57 Å². The molecule has 1 aromatic rings. The third-order valence-corrected chi connectivity index (χ3v) is 2.99. The predicted octanol–water partition coefficient (Wildman–Crippen LogP) is 1.98. The van der Waals surface area contributed by atoms with Crippen molar-refractivity contribution in [3.8, 4) is 11.9 Å². The number of hydrogen-bond donors (Lipinski definition) is 1. The number of carbonyl (C=O) groups is 1. The van der Waals surface area contributed by atoms with Crippen molar-refractivity contribution in [3.63, 3.8) is 0 Å². The van der Waals surface area contributed by atoms with E-state index >= 15 is 0 Å². The van der Waals surface area contributed by atoms with E-state index in [1.807, 2.05) is 19.9 Å². The summed E-state index contributed by atoms with van der Waals surface area (Å²) in [5, 5.41) is 19.1. The highest BCUT2D eigenvalue weighted by molar-refractivity contribution is 6.00. The SMILES string of the molecule is CCn1c(O)c(C(=O)CC(C)C)c(C)c(C#N)c1=O. The molecule has 1 N–H and O–H groups in total. The van der Waals surface area contributed by atoms with E-state index in [0.717, 1.165) is 4.57 Å². The van der Waals surface area contributed by atoms with Crippen molar-refractivity contribution in [2.24, 2.45) is 5.92 Å². The second-order valence-electron chi connectivity index (χ2n) is 4.88. The van der Waals surface area contributed by atoms with Crippen LogP contribution in [-0.4, -0.2) is 15.5 Å². The fraction of sp³-hybridized carbons (Fsp3) is 0.500. The van der Waals surface area contributed by atoms with Gasteiger partial charge in [-0.1, -0.05) is 13.8 Å². The molecular formula is C14H18N2O3. The molecule has 0 spiro atoms. The molecule has 0 radical (unpaired) electrons. The molecule has 0 aliphatic carbocycles. The lowest BCUT2D eigenvalue weighted by atomic mass is 9.96. The second-order valence-corrected chi connectivity index (χ2v) is 4.88. The van der Waals surface area contributed by atoms with E-state index in [-0.39, 0.29) is 47.2 Å². The number of nitrogens with zero attached hydrogens (tertiary/aromatic N) is 2. The van der Waals surface area contributed by atoms with E-state index < -0.39 is 5.56 Å². The molecule has 0 aromatic carbocycles. The molecule has 1 aromatic heterocycles. The van der Waals surface area contributed by atoms with Crippen LogP contribution in [0, 0.1) is 24.2 Å². The number of hydrogen-bond acceptors (Lipinski definition) is 4. The number of aromatic nitrogens is 1. The number of aromatic hydroxyl groups is 1. The summed E-state index contributed by atoms with van der Waals surface area (Å²) < 4.78 is 1.05. The fourth-order valence-corrected chi connectivity index (χ4v) is 2.05. The Morgan fingerprint density at radius 1 is 1.47 bits per heavy atom. The molecular weight excluding hydrogens is 244 g/mol. The smallest absolute Gasteiger partial charge is 0.271 e. The van der Waals surface area contributed by atoms with Crippen LogP contribution >= 0.6 is 0 Å². The van der Waals surface area contributed by atoms with Gasteiger partial charge in [-0.3, -0.25) is 14.2 Å². The molecule has 0 saturated heterocycles. The number of ketones is 1. The van der Waals surface area contributed by atoms with Crippen LogP contribution in [0.4, 0.5) is 0 Å². The first kappa shape index (κ1) is 15.0. The first-order valence-electron chi connectivity index (χ1n) is 6.24. The van der Waals surface area contributed by atoms with E-state index in [0.29, 0.717) is 0 Å². The summed E-state index contributed by atoms with van der Waals surface area (Å²) in [6.07, 6.45) is 0.265. The minimum absolute atomic E-state index is 0.0771. The van der Waals surface area contributed by atoms with E-state index in [1.54, 1.807) is 6.92 Å². The van der Waals surface area contributed by atoms with Gasteiger partial charge in [0.1, 0.15) is 11.6 Å².